The molecule has 0 amide bonds. The summed E-state index contributed by atoms with van der Waals surface area (Å²) in [4.78, 5) is 15.7. The van der Waals surface area contributed by atoms with E-state index in [0.717, 1.165) is 11.1 Å². The summed E-state index contributed by atoms with van der Waals surface area (Å²) >= 11 is 0. The standard InChI is InChI=1S/C15H17NO5/c1-9-5-12(21-8-15(17)20-4)10-6-13(18-2)14(19-3)7-11(10)16-9/h5-7H,8H2,1-4H3. The van der Waals surface area contributed by atoms with Crippen LogP contribution in [0.15, 0.2) is 18.2 Å². The summed E-state index contributed by atoms with van der Waals surface area (Å²) in [6, 6.07) is 5.30. The number of hydrogen-bond donors (Lipinski definition) is 0. The van der Waals surface area contributed by atoms with Gasteiger partial charge >= 0.3 is 5.97 Å². The molecule has 21 heavy (non-hydrogen) atoms. The topological polar surface area (TPSA) is 66.9 Å². The summed E-state index contributed by atoms with van der Waals surface area (Å²) in [6.07, 6.45) is 0. The number of rotatable bonds is 5. The van der Waals surface area contributed by atoms with Crippen molar-refractivity contribution in [3.05, 3.63) is 23.9 Å². The number of pyridine rings is 1. The molecule has 6 nitrogen and oxygen atoms in total. The molecular weight excluding hydrogens is 274 g/mol. The molecule has 1 aromatic carbocycles. The summed E-state index contributed by atoms with van der Waals surface area (Å²) < 4.78 is 20.6. The first-order valence-corrected chi connectivity index (χ1v) is 6.32. The van der Waals surface area contributed by atoms with Gasteiger partial charge in [0.05, 0.1) is 26.8 Å². The van der Waals surface area contributed by atoms with Crippen molar-refractivity contribution in [1.82, 2.24) is 4.98 Å². The highest BCUT2D eigenvalue weighted by Crippen LogP contribution is 2.35. The number of hydrogen-bond acceptors (Lipinski definition) is 6. The first-order valence-electron chi connectivity index (χ1n) is 6.32. The molecule has 0 aliphatic heterocycles. The molecule has 0 spiro atoms. The second-order valence-corrected chi connectivity index (χ2v) is 4.35. The largest absolute Gasteiger partial charge is 0.493 e. The maximum atomic E-state index is 11.2. The van der Waals surface area contributed by atoms with E-state index in [4.69, 9.17) is 14.2 Å². The molecule has 0 N–H and O–H groups in total. The molecule has 0 unspecified atom stereocenters. The van der Waals surface area contributed by atoms with Gasteiger partial charge in [-0.05, 0) is 13.0 Å². The zero-order valence-corrected chi connectivity index (χ0v) is 12.4. The smallest absolute Gasteiger partial charge is 0.343 e. The van der Waals surface area contributed by atoms with Gasteiger partial charge in [0.15, 0.2) is 18.1 Å². The number of carbonyl (C=O) groups excluding carboxylic acids is 1. The van der Waals surface area contributed by atoms with E-state index in [9.17, 15) is 4.79 Å². The molecule has 0 bridgehead atoms. The van der Waals surface area contributed by atoms with Crippen LogP contribution in [-0.4, -0.2) is 38.9 Å². The number of fused-ring (bicyclic) bond motifs is 1. The fourth-order valence-corrected chi connectivity index (χ4v) is 1.96. The monoisotopic (exact) mass is 291 g/mol. The maximum Gasteiger partial charge on any atom is 0.343 e. The number of esters is 1. The second-order valence-electron chi connectivity index (χ2n) is 4.35. The average molecular weight is 291 g/mol. The zero-order valence-electron chi connectivity index (χ0n) is 12.4. The Balaban J connectivity index is 2.51. The van der Waals surface area contributed by atoms with Crippen molar-refractivity contribution in [2.24, 2.45) is 0 Å². The van der Waals surface area contributed by atoms with Gasteiger partial charge in [0.25, 0.3) is 0 Å². The molecule has 0 atom stereocenters. The van der Waals surface area contributed by atoms with Crippen LogP contribution in [0.5, 0.6) is 17.2 Å². The number of carbonyl (C=O) groups is 1. The van der Waals surface area contributed by atoms with Crippen molar-refractivity contribution < 1.29 is 23.7 Å². The molecule has 0 aliphatic rings. The number of benzene rings is 1. The third-order valence-electron chi connectivity index (χ3n) is 2.98. The van der Waals surface area contributed by atoms with E-state index < -0.39 is 5.97 Å². The van der Waals surface area contributed by atoms with Crippen LogP contribution in [0.2, 0.25) is 0 Å². The Hall–Kier alpha value is -2.50. The van der Waals surface area contributed by atoms with Gasteiger partial charge in [-0.2, -0.15) is 0 Å². The van der Waals surface area contributed by atoms with Crippen LogP contribution in [0.25, 0.3) is 10.9 Å². The number of ether oxygens (including phenoxy) is 4. The minimum atomic E-state index is -0.446. The lowest BCUT2D eigenvalue weighted by Gasteiger charge is -2.13. The molecule has 6 heteroatoms. The van der Waals surface area contributed by atoms with Crippen LogP contribution in [0.3, 0.4) is 0 Å². The van der Waals surface area contributed by atoms with Crippen LogP contribution >= 0.6 is 0 Å². The third kappa shape index (κ3) is 3.16. The summed E-state index contributed by atoms with van der Waals surface area (Å²) in [5, 5.41) is 0.738. The Bertz CT molecular complexity index is 669. The predicted octanol–water partition coefficient (Wildman–Crippen LogP) is 2.11. The van der Waals surface area contributed by atoms with Crippen molar-refractivity contribution in [2.45, 2.75) is 6.92 Å². The highest BCUT2D eigenvalue weighted by Gasteiger charge is 2.13. The van der Waals surface area contributed by atoms with E-state index in [1.54, 1.807) is 32.4 Å². The summed E-state index contributed by atoms with van der Waals surface area (Å²) in [7, 11) is 4.43. The third-order valence-corrected chi connectivity index (χ3v) is 2.98. The van der Waals surface area contributed by atoms with Crippen LogP contribution in [0.4, 0.5) is 0 Å². The van der Waals surface area contributed by atoms with Crippen molar-refractivity contribution in [3.63, 3.8) is 0 Å². The second kappa shape index (κ2) is 6.30. The molecule has 0 fully saturated rings. The molecule has 0 saturated heterocycles. The predicted molar refractivity (Wildman–Crippen MR) is 77.1 cm³/mol. The minimum absolute atomic E-state index is 0.163. The van der Waals surface area contributed by atoms with Gasteiger partial charge < -0.3 is 18.9 Å². The normalized spacial score (nSPS) is 10.3. The fourth-order valence-electron chi connectivity index (χ4n) is 1.96. The maximum absolute atomic E-state index is 11.2. The van der Waals surface area contributed by atoms with E-state index in [-0.39, 0.29) is 6.61 Å². The Labute approximate surface area is 122 Å². The Morgan fingerprint density at radius 1 is 1.05 bits per heavy atom. The van der Waals surface area contributed by atoms with E-state index >= 15 is 0 Å². The zero-order chi connectivity index (χ0) is 15.4. The van der Waals surface area contributed by atoms with E-state index in [1.807, 2.05) is 6.92 Å². The number of methoxy groups -OCH3 is 3. The first kappa shape index (κ1) is 14.9. The van der Waals surface area contributed by atoms with Crippen molar-refractivity contribution in [1.29, 1.82) is 0 Å². The Morgan fingerprint density at radius 3 is 2.33 bits per heavy atom. The van der Waals surface area contributed by atoms with Crippen molar-refractivity contribution >= 4 is 16.9 Å². The van der Waals surface area contributed by atoms with Crippen molar-refractivity contribution in [3.8, 4) is 17.2 Å². The highest BCUT2D eigenvalue weighted by atomic mass is 16.6. The fraction of sp³-hybridized carbons (Fsp3) is 0.333. The lowest BCUT2D eigenvalue weighted by molar-refractivity contribution is -0.142. The summed E-state index contributed by atoms with van der Waals surface area (Å²) in [5.74, 6) is 1.25. The molecule has 1 heterocycles. The van der Waals surface area contributed by atoms with Crippen molar-refractivity contribution in [2.75, 3.05) is 27.9 Å². The Kier molecular flexibility index (Phi) is 4.47. The van der Waals surface area contributed by atoms with Gasteiger partial charge in [-0.3, -0.25) is 4.98 Å². The summed E-state index contributed by atoms with van der Waals surface area (Å²) in [5.41, 5.74) is 1.47. The van der Waals surface area contributed by atoms with Crippen LogP contribution in [0, 0.1) is 6.92 Å². The van der Waals surface area contributed by atoms with E-state index in [0.29, 0.717) is 22.8 Å². The molecule has 0 saturated carbocycles. The average Bonchev–Trinajstić information content (AvgIpc) is 2.50. The molecule has 2 rings (SSSR count). The van der Waals surface area contributed by atoms with E-state index in [2.05, 4.69) is 9.72 Å². The lowest BCUT2D eigenvalue weighted by atomic mass is 10.1. The van der Waals surface area contributed by atoms with Gasteiger partial charge in [-0.15, -0.1) is 0 Å². The Morgan fingerprint density at radius 2 is 1.71 bits per heavy atom. The molecule has 2 aromatic rings. The lowest BCUT2D eigenvalue weighted by Crippen LogP contribution is -2.13. The molecule has 0 radical (unpaired) electrons. The molecular formula is C15H17NO5. The number of nitrogens with zero attached hydrogens (tertiary/aromatic N) is 1. The summed E-state index contributed by atoms with van der Waals surface area (Å²) in [6.45, 7) is 1.69. The molecule has 1 aromatic heterocycles. The molecule has 112 valence electrons. The molecule has 0 aliphatic carbocycles. The quantitative estimate of drug-likeness (QED) is 0.786. The van der Waals surface area contributed by atoms with E-state index in [1.165, 1.54) is 7.11 Å². The number of aromatic nitrogens is 1. The van der Waals surface area contributed by atoms with Crippen LogP contribution < -0.4 is 14.2 Å². The minimum Gasteiger partial charge on any atom is -0.493 e. The van der Waals surface area contributed by atoms with Gasteiger partial charge in [0.1, 0.15) is 5.75 Å². The van der Waals surface area contributed by atoms with Gasteiger partial charge in [0.2, 0.25) is 0 Å². The van der Waals surface area contributed by atoms with Crippen LogP contribution in [0.1, 0.15) is 5.69 Å². The van der Waals surface area contributed by atoms with Gasteiger partial charge in [0, 0.05) is 23.2 Å². The SMILES string of the molecule is COC(=O)COc1cc(C)nc2cc(OC)c(OC)cc12. The van der Waals surface area contributed by atoms with Crippen LogP contribution in [-0.2, 0) is 9.53 Å². The van der Waals surface area contributed by atoms with Gasteiger partial charge in [-0.25, -0.2) is 4.79 Å². The first-order chi connectivity index (χ1) is 10.1. The number of aryl methyl sites for hydroxylation is 1. The highest BCUT2D eigenvalue weighted by molar-refractivity contribution is 5.88. The van der Waals surface area contributed by atoms with Gasteiger partial charge in [-0.1, -0.05) is 0 Å².